The average molecular weight is 334 g/mol. The fourth-order valence-corrected chi connectivity index (χ4v) is 3.34. The smallest absolute Gasteiger partial charge is 0.230 e. The third kappa shape index (κ3) is 4.16. The number of rotatable bonds is 5. The van der Waals surface area contributed by atoms with Gasteiger partial charge in [0, 0.05) is 43.9 Å². The number of piperazine rings is 1. The lowest BCUT2D eigenvalue weighted by Crippen LogP contribution is -2.51. The van der Waals surface area contributed by atoms with Crippen LogP contribution < -0.4 is 0 Å². The minimum absolute atomic E-state index is 0.122. The number of H-pyrrole nitrogens is 1. The molecule has 1 atom stereocenters. The molecule has 0 unspecified atom stereocenters. The van der Waals surface area contributed by atoms with E-state index in [4.69, 9.17) is 0 Å². The van der Waals surface area contributed by atoms with E-state index in [9.17, 15) is 9.59 Å². The van der Waals surface area contributed by atoms with E-state index in [1.807, 2.05) is 30.6 Å². The fourth-order valence-electron chi connectivity index (χ4n) is 3.34. The van der Waals surface area contributed by atoms with E-state index in [1.54, 1.807) is 0 Å². The summed E-state index contributed by atoms with van der Waals surface area (Å²) in [4.78, 5) is 28.7. The first-order valence-electron chi connectivity index (χ1n) is 8.89. The molecule has 1 aliphatic heterocycles. The summed E-state index contributed by atoms with van der Waals surface area (Å²) in [5, 5.41) is 7.13. The molecule has 1 aliphatic rings. The molecule has 0 saturated carbocycles. The van der Waals surface area contributed by atoms with Crippen LogP contribution in [-0.2, 0) is 9.59 Å². The zero-order valence-corrected chi connectivity index (χ0v) is 15.6. The van der Waals surface area contributed by atoms with Gasteiger partial charge in [0.05, 0.1) is 11.6 Å². The Labute approximate surface area is 144 Å². The largest absolute Gasteiger partial charge is 0.339 e. The number of carbonyl (C=O) groups is 2. The summed E-state index contributed by atoms with van der Waals surface area (Å²) in [6.45, 7) is 12.6. The molecular formula is C18H30N4O2. The van der Waals surface area contributed by atoms with Gasteiger partial charge in [-0.25, -0.2) is 0 Å². The molecule has 6 heteroatoms. The quantitative estimate of drug-likeness (QED) is 0.898. The van der Waals surface area contributed by atoms with Gasteiger partial charge in [0.1, 0.15) is 0 Å². The lowest BCUT2D eigenvalue weighted by molar-refractivity contribution is -0.140. The first-order valence-corrected chi connectivity index (χ1v) is 8.89. The molecule has 24 heavy (non-hydrogen) atoms. The van der Waals surface area contributed by atoms with Crippen molar-refractivity contribution in [2.24, 2.45) is 5.92 Å². The summed E-state index contributed by atoms with van der Waals surface area (Å²) in [6.07, 6.45) is 1.53. The minimum atomic E-state index is -0.202. The van der Waals surface area contributed by atoms with E-state index in [0.717, 1.165) is 23.4 Å². The molecule has 0 bridgehead atoms. The molecule has 0 aliphatic carbocycles. The first kappa shape index (κ1) is 18.5. The van der Waals surface area contributed by atoms with Crippen LogP contribution in [0.5, 0.6) is 0 Å². The highest BCUT2D eigenvalue weighted by Gasteiger charge is 2.29. The van der Waals surface area contributed by atoms with Crippen molar-refractivity contribution >= 4 is 11.8 Å². The Hall–Kier alpha value is -1.85. The molecule has 6 nitrogen and oxygen atoms in total. The summed E-state index contributed by atoms with van der Waals surface area (Å²) in [5.74, 6) is 0.674. The second kappa shape index (κ2) is 7.81. The molecule has 1 aromatic heterocycles. The Balaban J connectivity index is 1.90. The van der Waals surface area contributed by atoms with E-state index >= 15 is 0 Å². The molecule has 0 aromatic carbocycles. The van der Waals surface area contributed by atoms with E-state index in [1.165, 1.54) is 0 Å². The number of aryl methyl sites for hydroxylation is 2. The number of nitrogens with one attached hydrogen (secondary N) is 1. The Morgan fingerprint density at radius 1 is 1.08 bits per heavy atom. The van der Waals surface area contributed by atoms with Crippen LogP contribution in [0.1, 0.15) is 56.5 Å². The van der Waals surface area contributed by atoms with Gasteiger partial charge in [-0.2, -0.15) is 5.10 Å². The van der Waals surface area contributed by atoms with Crippen LogP contribution in [0.15, 0.2) is 0 Å². The maximum absolute atomic E-state index is 12.8. The maximum Gasteiger partial charge on any atom is 0.230 e. The molecule has 1 fully saturated rings. The van der Waals surface area contributed by atoms with Gasteiger partial charge in [-0.3, -0.25) is 14.7 Å². The van der Waals surface area contributed by atoms with Crippen molar-refractivity contribution < 1.29 is 9.59 Å². The topological polar surface area (TPSA) is 69.3 Å². The second-order valence-electron chi connectivity index (χ2n) is 7.21. The number of nitrogens with zero attached hydrogens (tertiary/aromatic N) is 3. The fraction of sp³-hybridized carbons (Fsp3) is 0.722. The number of carbonyl (C=O) groups excluding carboxylic acids is 2. The Morgan fingerprint density at radius 3 is 2.17 bits per heavy atom. The number of hydrogen-bond acceptors (Lipinski definition) is 3. The summed E-state index contributed by atoms with van der Waals surface area (Å²) >= 11 is 0. The van der Waals surface area contributed by atoms with Crippen molar-refractivity contribution in [3.05, 3.63) is 17.0 Å². The minimum Gasteiger partial charge on any atom is -0.339 e. The maximum atomic E-state index is 12.8. The molecule has 1 aromatic rings. The Bertz CT molecular complexity index is 566. The Kier molecular flexibility index (Phi) is 6.02. The Morgan fingerprint density at radius 2 is 1.67 bits per heavy atom. The number of amides is 2. The van der Waals surface area contributed by atoms with Crippen molar-refractivity contribution in [3.8, 4) is 0 Å². The number of aromatic nitrogens is 2. The van der Waals surface area contributed by atoms with E-state index in [-0.39, 0.29) is 17.7 Å². The van der Waals surface area contributed by atoms with Gasteiger partial charge < -0.3 is 9.80 Å². The molecule has 134 valence electrons. The van der Waals surface area contributed by atoms with Gasteiger partial charge in [-0.15, -0.1) is 0 Å². The zero-order valence-electron chi connectivity index (χ0n) is 15.6. The normalized spacial score (nSPS) is 16.6. The van der Waals surface area contributed by atoms with Crippen LogP contribution >= 0.6 is 0 Å². The summed E-state index contributed by atoms with van der Waals surface area (Å²) < 4.78 is 0. The highest BCUT2D eigenvalue weighted by atomic mass is 16.2. The van der Waals surface area contributed by atoms with Crippen molar-refractivity contribution in [1.29, 1.82) is 0 Å². The van der Waals surface area contributed by atoms with Gasteiger partial charge in [0.15, 0.2) is 0 Å². The van der Waals surface area contributed by atoms with E-state index < -0.39 is 0 Å². The van der Waals surface area contributed by atoms with Crippen LogP contribution in [0.3, 0.4) is 0 Å². The van der Waals surface area contributed by atoms with Gasteiger partial charge in [-0.05, 0) is 33.1 Å². The van der Waals surface area contributed by atoms with Crippen LogP contribution in [0.2, 0.25) is 0 Å². The molecule has 0 radical (unpaired) electrons. The average Bonchev–Trinajstić information content (AvgIpc) is 2.90. The lowest BCUT2D eigenvalue weighted by Gasteiger charge is -2.36. The van der Waals surface area contributed by atoms with Gasteiger partial charge in [0.2, 0.25) is 11.8 Å². The first-order chi connectivity index (χ1) is 11.3. The second-order valence-corrected chi connectivity index (χ2v) is 7.21. The van der Waals surface area contributed by atoms with Crippen molar-refractivity contribution in [2.75, 3.05) is 26.2 Å². The molecule has 1 N–H and O–H groups in total. The molecular weight excluding hydrogens is 304 g/mol. The SMILES string of the molecule is Cc1n[nH]c(C)c1[C@@H](C)C(=O)N1CCN(C(=O)CCC(C)C)CC1. The monoisotopic (exact) mass is 334 g/mol. The summed E-state index contributed by atoms with van der Waals surface area (Å²) in [5.41, 5.74) is 2.84. The van der Waals surface area contributed by atoms with Crippen LogP contribution in [-0.4, -0.2) is 58.0 Å². The highest BCUT2D eigenvalue weighted by Crippen LogP contribution is 2.24. The number of hydrogen-bond donors (Lipinski definition) is 1. The molecule has 2 heterocycles. The highest BCUT2D eigenvalue weighted by molar-refractivity contribution is 5.84. The third-order valence-corrected chi connectivity index (χ3v) is 4.87. The molecule has 1 saturated heterocycles. The van der Waals surface area contributed by atoms with Gasteiger partial charge in [-0.1, -0.05) is 13.8 Å². The van der Waals surface area contributed by atoms with Crippen molar-refractivity contribution in [1.82, 2.24) is 20.0 Å². The van der Waals surface area contributed by atoms with Crippen molar-refractivity contribution in [3.63, 3.8) is 0 Å². The van der Waals surface area contributed by atoms with Crippen LogP contribution in [0.25, 0.3) is 0 Å². The third-order valence-electron chi connectivity index (χ3n) is 4.87. The van der Waals surface area contributed by atoms with Gasteiger partial charge in [0.25, 0.3) is 0 Å². The van der Waals surface area contributed by atoms with Crippen LogP contribution in [0, 0.1) is 19.8 Å². The van der Waals surface area contributed by atoms with Crippen molar-refractivity contribution in [2.45, 2.75) is 53.4 Å². The predicted octanol–water partition coefficient (Wildman–Crippen LogP) is 2.24. The standard InChI is InChI=1S/C18H30N4O2/c1-12(2)6-7-16(23)21-8-10-22(11-9-21)18(24)13(3)17-14(4)19-20-15(17)5/h12-13H,6-11H2,1-5H3,(H,19,20)/t13-/m1/s1. The van der Waals surface area contributed by atoms with E-state index in [0.29, 0.717) is 38.5 Å². The van der Waals surface area contributed by atoms with E-state index in [2.05, 4.69) is 24.0 Å². The zero-order chi connectivity index (χ0) is 17.9. The lowest BCUT2D eigenvalue weighted by atomic mass is 9.97. The van der Waals surface area contributed by atoms with Gasteiger partial charge >= 0.3 is 0 Å². The molecule has 2 amide bonds. The predicted molar refractivity (Wildman–Crippen MR) is 93.7 cm³/mol. The number of aromatic amines is 1. The molecule has 0 spiro atoms. The molecule has 2 rings (SSSR count). The summed E-state index contributed by atoms with van der Waals surface area (Å²) in [6, 6.07) is 0. The summed E-state index contributed by atoms with van der Waals surface area (Å²) in [7, 11) is 0. The van der Waals surface area contributed by atoms with Crippen LogP contribution in [0.4, 0.5) is 0 Å².